The molecule has 0 aliphatic heterocycles. The summed E-state index contributed by atoms with van der Waals surface area (Å²) in [6.45, 7) is 7.06. The second-order valence-corrected chi connectivity index (χ2v) is 4.18. The van der Waals surface area contributed by atoms with Gasteiger partial charge in [-0.1, -0.05) is 32.0 Å². The molecule has 0 saturated heterocycles. The minimum absolute atomic E-state index is 0.177. The smallest absolute Gasteiger partial charge is 0.272 e. The molecule has 1 aromatic rings. The zero-order valence-electron chi connectivity index (χ0n) is 10.6. The van der Waals surface area contributed by atoms with Crippen molar-refractivity contribution in [2.45, 2.75) is 39.2 Å². The molecule has 4 heteroatoms. The number of benzene rings is 1. The van der Waals surface area contributed by atoms with E-state index in [0.29, 0.717) is 0 Å². The molecule has 17 heavy (non-hydrogen) atoms. The van der Waals surface area contributed by atoms with Crippen molar-refractivity contribution in [3.05, 3.63) is 39.9 Å². The van der Waals surface area contributed by atoms with E-state index in [0.717, 1.165) is 18.5 Å². The average Bonchev–Trinajstić information content (AvgIpc) is 2.31. The van der Waals surface area contributed by atoms with Crippen molar-refractivity contribution in [3.8, 4) is 0 Å². The lowest BCUT2D eigenvalue weighted by molar-refractivity contribution is -0.385. The van der Waals surface area contributed by atoms with Crippen LogP contribution in [0.3, 0.4) is 0 Å². The summed E-state index contributed by atoms with van der Waals surface area (Å²) in [6, 6.07) is 7.26. The van der Waals surface area contributed by atoms with E-state index in [2.05, 4.69) is 19.2 Å². The number of nitro groups is 1. The highest BCUT2D eigenvalue weighted by Gasteiger charge is 2.24. The van der Waals surface area contributed by atoms with Crippen molar-refractivity contribution in [3.63, 3.8) is 0 Å². The molecule has 2 unspecified atom stereocenters. The van der Waals surface area contributed by atoms with Crippen molar-refractivity contribution in [1.82, 2.24) is 5.32 Å². The highest BCUT2D eigenvalue weighted by molar-refractivity contribution is 5.42. The van der Waals surface area contributed by atoms with E-state index in [1.807, 2.05) is 19.1 Å². The molecule has 0 bridgehead atoms. The molecule has 0 saturated carbocycles. The predicted octanol–water partition coefficient (Wildman–Crippen LogP) is 3.09. The summed E-state index contributed by atoms with van der Waals surface area (Å²) < 4.78 is 0. The van der Waals surface area contributed by atoms with Crippen molar-refractivity contribution in [1.29, 1.82) is 0 Å². The first-order valence-corrected chi connectivity index (χ1v) is 6.08. The molecule has 94 valence electrons. The fraction of sp³-hybridized carbons (Fsp3) is 0.538. The van der Waals surface area contributed by atoms with Gasteiger partial charge in [0.1, 0.15) is 0 Å². The average molecular weight is 236 g/mol. The Morgan fingerprint density at radius 2 is 2.00 bits per heavy atom. The first kappa shape index (κ1) is 13.6. The SMILES string of the molecule is CCNC(C)C(CC)c1ccccc1[N+](=O)[O-]. The number of nitro benzene ring substituents is 1. The zero-order chi connectivity index (χ0) is 12.8. The van der Waals surface area contributed by atoms with E-state index in [1.165, 1.54) is 0 Å². The van der Waals surface area contributed by atoms with Crippen LogP contribution < -0.4 is 5.32 Å². The minimum Gasteiger partial charge on any atom is -0.314 e. The summed E-state index contributed by atoms with van der Waals surface area (Å²) in [4.78, 5) is 10.7. The Labute approximate surface area is 102 Å². The van der Waals surface area contributed by atoms with Gasteiger partial charge in [-0.2, -0.15) is 0 Å². The number of nitrogens with zero attached hydrogens (tertiary/aromatic N) is 1. The van der Waals surface area contributed by atoms with Crippen LogP contribution in [0.1, 0.15) is 38.7 Å². The summed E-state index contributed by atoms with van der Waals surface area (Å²) in [5, 5.41) is 14.3. The van der Waals surface area contributed by atoms with Crippen molar-refractivity contribution in [2.75, 3.05) is 6.54 Å². The van der Waals surface area contributed by atoms with Gasteiger partial charge in [0.2, 0.25) is 0 Å². The largest absolute Gasteiger partial charge is 0.314 e. The van der Waals surface area contributed by atoms with Gasteiger partial charge in [-0.25, -0.2) is 0 Å². The van der Waals surface area contributed by atoms with Gasteiger partial charge in [-0.05, 0) is 19.9 Å². The second kappa shape index (κ2) is 6.35. The van der Waals surface area contributed by atoms with Crippen molar-refractivity contribution < 1.29 is 4.92 Å². The number of nitrogens with one attached hydrogen (secondary N) is 1. The Morgan fingerprint density at radius 3 is 2.53 bits per heavy atom. The molecule has 1 aromatic carbocycles. The third-order valence-corrected chi connectivity index (χ3v) is 3.10. The molecule has 1 rings (SSSR count). The van der Waals surface area contributed by atoms with E-state index < -0.39 is 0 Å². The lowest BCUT2D eigenvalue weighted by atomic mass is 9.89. The van der Waals surface area contributed by atoms with Gasteiger partial charge in [0.05, 0.1) is 4.92 Å². The molecule has 0 aliphatic carbocycles. The maximum atomic E-state index is 11.0. The van der Waals surface area contributed by atoms with Crippen LogP contribution in [-0.2, 0) is 0 Å². The Hall–Kier alpha value is -1.42. The van der Waals surface area contributed by atoms with Crippen LogP contribution in [0.5, 0.6) is 0 Å². The van der Waals surface area contributed by atoms with Crippen LogP contribution in [0.2, 0.25) is 0 Å². The molecule has 1 N–H and O–H groups in total. The van der Waals surface area contributed by atoms with E-state index in [1.54, 1.807) is 12.1 Å². The molecule has 0 fully saturated rings. The Morgan fingerprint density at radius 1 is 1.35 bits per heavy atom. The standard InChI is InChI=1S/C13H20N2O2/c1-4-11(10(3)14-5-2)12-8-6-7-9-13(12)15(16)17/h6-11,14H,4-5H2,1-3H3. The van der Waals surface area contributed by atoms with Gasteiger partial charge in [0.15, 0.2) is 0 Å². The minimum atomic E-state index is -0.295. The molecule has 0 radical (unpaired) electrons. The first-order valence-electron chi connectivity index (χ1n) is 6.08. The van der Waals surface area contributed by atoms with E-state index in [-0.39, 0.29) is 22.6 Å². The summed E-state index contributed by atoms with van der Waals surface area (Å²) >= 11 is 0. The highest BCUT2D eigenvalue weighted by atomic mass is 16.6. The number of hydrogen-bond acceptors (Lipinski definition) is 3. The lowest BCUT2D eigenvalue weighted by Crippen LogP contribution is -2.32. The van der Waals surface area contributed by atoms with Gasteiger partial charge in [-0.15, -0.1) is 0 Å². The number of likely N-dealkylation sites (N-methyl/N-ethyl adjacent to an activating group) is 1. The normalized spacial score (nSPS) is 14.3. The topological polar surface area (TPSA) is 55.2 Å². The van der Waals surface area contributed by atoms with Crippen LogP contribution in [0, 0.1) is 10.1 Å². The molecular weight excluding hydrogens is 216 g/mol. The number of rotatable bonds is 6. The second-order valence-electron chi connectivity index (χ2n) is 4.18. The Balaban J connectivity index is 3.06. The molecular formula is C13H20N2O2. The monoisotopic (exact) mass is 236 g/mol. The van der Waals surface area contributed by atoms with Crippen LogP contribution in [0.15, 0.2) is 24.3 Å². The first-order chi connectivity index (χ1) is 8.11. The molecule has 4 nitrogen and oxygen atoms in total. The van der Waals surface area contributed by atoms with Gasteiger partial charge in [0, 0.05) is 23.6 Å². The quantitative estimate of drug-likeness (QED) is 0.610. The van der Waals surface area contributed by atoms with E-state index in [4.69, 9.17) is 0 Å². The summed E-state index contributed by atoms with van der Waals surface area (Å²) in [5.41, 5.74) is 1.05. The molecule has 0 spiro atoms. The summed E-state index contributed by atoms with van der Waals surface area (Å²) in [6.07, 6.45) is 0.888. The van der Waals surface area contributed by atoms with Gasteiger partial charge >= 0.3 is 0 Å². The zero-order valence-corrected chi connectivity index (χ0v) is 10.6. The molecule has 0 aliphatic rings. The van der Waals surface area contributed by atoms with E-state index >= 15 is 0 Å². The molecule has 0 amide bonds. The van der Waals surface area contributed by atoms with Crippen LogP contribution in [0.25, 0.3) is 0 Å². The van der Waals surface area contributed by atoms with Crippen LogP contribution in [0.4, 0.5) is 5.69 Å². The maximum absolute atomic E-state index is 11.0. The maximum Gasteiger partial charge on any atom is 0.272 e. The third-order valence-electron chi connectivity index (χ3n) is 3.10. The molecule has 0 heterocycles. The number of hydrogen-bond donors (Lipinski definition) is 1. The number of para-hydroxylation sites is 1. The van der Waals surface area contributed by atoms with Crippen molar-refractivity contribution in [2.24, 2.45) is 0 Å². The summed E-state index contributed by atoms with van der Waals surface area (Å²) in [7, 11) is 0. The Kier molecular flexibility index (Phi) is 5.10. The highest BCUT2D eigenvalue weighted by Crippen LogP contribution is 2.30. The van der Waals surface area contributed by atoms with Gasteiger partial charge in [-0.3, -0.25) is 10.1 Å². The van der Waals surface area contributed by atoms with E-state index in [9.17, 15) is 10.1 Å². The predicted molar refractivity (Wildman–Crippen MR) is 69.3 cm³/mol. The van der Waals surface area contributed by atoms with Crippen molar-refractivity contribution >= 4 is 5.69 Å². The van der Waals surface area contributed by atoms with Crippen LogP contribution >= 0.6 is 0 Å². The fourth-order valence-electron chi connectivity index (χ4n) is 2.27. The molecule has 2 atom stereocenters. The van der Waals surface area contributed by atoms with Crippen LogP contribution in [-0.4, -0.2) is 17.5 Å². The lowest BCUT2D eigenvalue weighted by Gasteiger charge is -2.23. The van der Waals surface area contributed by atoms with Gasteiger partial charge in [0.25, 0.3) is 5.69 Å². The molecule has 0 aromatic heterocycles. The Bertz CT molecular complexity index is 379. The fourth-order valence-corrected chi connectivity index (χ4v) is 2.27. The van der Waals surface area contributed by atoms with Gasteiger partial charge < -0.3 is 5.32 Å². The summed E-state index contributed by atoms with van der Waals surface area (Å²) in [5.74, 6) is 0.177. The third kappa shape index (κ3) is 3.27.